The van der Waals surface area contributed by atoms with Crippen molar-refractivity contribution in [2.24, 2.45) is 10.7 Å². The van der Waals surface area contributed by atoms with Crippen molar-refractivity contribution in [1.82, 2.24) is 15.1 Å². The fourth-order valence-electron chi connectivity index (χ4n) is 2.84. The summed E-state index contributed by atoms with van der Waals surface area (Å²) in [6.07, 6.45) is -4.97. The van der Waals surface area contributed by atoms with Crippen molar-refractivity contribution in [3.63, 3.8) is 0 Å². The van der Waals surface area contributed by atoms with Crippen LogP contribution in [0.5, 0.6) is 0 Å². The molecule has 1 aliphatic rings. The molecule has 0 saturated heterocycles. The summed E-state index contributed by atoms with van der Waals surface area (Å²) in [5.41, 5.74) is 5.94. The standard InChI is InChI=1S/C16H14Cl2F4N6O/c17-8-1-2-9(19)12(18)7(8)6-28-4-3-25-13(24)11(28)5-10(23)14-26-27-15(29-14)16(20,21)22/h1-2,11,23H,3-6H2,(H2,24,25). The molecule has 3 N–H and O–H groups in total. The molecular formula is C16H14Cl2F4N6O. The normalized spacial score (nSPS) is 18.0. The van der Waals surface area contributed by atoms with Crippen LogP contribution in [0.15, 0.2) is 21.5 Å². The Morgan fingerprint density at radius 2 is 2.03 bits per heavy atom. The van der Waals surface area contributed by atoms with Crippen LogP contribution in [0.3, 0.4) is 0 Å². The minimum Gasteiger partial charge on any atom is -0.412 e. The average molecular weight is 453 g/mol. The lowest BCUT2D eigenvalue weighted by atomic mass is 10.0. The van der Waals surface area contributed by atoms with E-state index in [0.29, 0.717) is 18.7 Å². The van der Waals surface area contributed by atoms with Gasteiger partial charge in [0, 0.05) is 30.1 Å². The minimum absolute atomic E-state index is 0.0984. The van der Waals surface area contributed by atoms with E-state index in [0.717, 1.165) is 6.07 Å². The van der Waals surface area contributed by atoms with E-state index < -0.39 is 29.8 Å². The number of aromatic nitrogens is 2. The highest BCUT2D eigenvalue weighted by Gasteiger charge is 2.39. The fraction of sp³-hybridized carbons (Fsp3) is 0.375. The van der Waals surface area contributed by atoms with Gasteiger partial charge in [-0.3, -0.25) is 15.3 Å². The number of halogens is 6. The maximum Gasteiger partial charge on any atom is 0.470 e. The lowest BCUT2D eigenvalue weighted by Crippen LogP contribution is -2.50. The van der Waals surface area contributed by atoms with Crippen LogP contribution in [-0.2, 0) is 12.7 Å². The van der Waals surface area contributed by atoms with Crippen molar-refractivity contribution in [2.75, 3.05) is 13.1 Å². The maximum atomic E-state index is 13.8. The Bertz CT molecular complexity index is 961. The van der Waals surface area contributed by atoms with Gasteiger partial charge in [0.1, 0.15) is 11.7 Å². The lowest BCUT2D eigenvalue weighted by Gasteiger charge is -2.34. The largest absolute Gasteiger partial charge is 0.470 e. The molecule has 156 valence electrons. The van der Waals surface area contributed by atoms with E-state index in [2.05, 4.69) is 19.6 Å². The average Bonchev–Trinajstić information content (AvgIpc) is 3.15. The third kappa shape index (κ3) is 4.68. The summed E-state index contributed by atoms with van der Waals surface area (Å²) in [4.78, 5) is 5.88. The van der Waals surface area contributed by atoms with E-state index >= 15 is 0 Å². The number of hydrogen-bond donors (Lipinski definition) is 2. The van der Waals surface area contributed by atoms with Crippen LogP contribution in [-0.4, -0.2) is 45.8 Å². The fourth-order valence-corrected chi connectivity index (χ4v) is 3.33. The SMILES string of the molecule is N=C(CC1C(N)=NCCN1Cc1c(Cl)ccc(F)c1Cl)c1nnc(C(F)(F)F)o1. The van der Waals surface area contributed by atoms with Gasteiger partial charge in [-0.25, -0.2) is 4.39 Å². The summed E-state index contributed by atoms with van der Waals surface area (Å²) in [6, 6.07) is 1.84. The van der Waals surface area contributed by atoms with Gasteiger partial charge in [0.05, 0.1) is 23.3 Å². The second-order valence-corrected chi connectivity index (χ2v) is 6.99. The van der Waals surface area contributed by atoms with E-state index in [1.165, 1.54) is 6.07 Å². The molecule has 0 bridgehead atoms. The zero-order chi connectivity index (χ0) is 21.3. The Hall–Kier alpha value is -2.24. The third-order valence-electron chi connectivity index (χ3n) is 4.29. The predicted molar refractivity (Wildman–Crippen MR) is 97.9 cm³/mol. The highest BCUT2D eigenvalue weighted by atomic mass is 35.5. The molecule has 0 spiro atoms. The van der Waals surface area contributed by atoms with Crippen LogP contribution in [0.2, 0.25) is 10.0 Å². The van der Waals surface area contributed by atoms with Crippen molar-refractivity contribution in [2.45, 2.75) is 25.2 Å². The summed E-state index contributed by atoms with van der Waals surface area (Å²) in [6.45, 7) is 0.833. The van der Waals surface area contributed by atoms with Gasteiger partial charge in [-0.05, 0) is 12.1 Å². The topological polar surface area (TPSA) is 104 Å². The lowest BCUT2D eigenvalue weighted by molar-refractivity contribution is -0.157. The van der Waals surface area contributed by atoms with Gasteiger partial charge in [0.25, 0.3) is 5.89 Å². The number of benzene rings is 1. The Morgan fingerprint density at radius 3 is 2.69 bits per heavy atom. The molecule has 2 heterocycles. The number of nitrogens with one attached hydrogen (secondary N) is 1. The third-order valence-corrected chi connectivity index (χ3v) is 5.05. The number of nitrogens with zero attached hydrogens (tertiary/aromatic N) is 4. The van der Waals surface area contributed by atoms with E-state index in [4.69, 9.17) is 34.3 Å². The molecule has 7 nitrogen and oxygen atoms in total. The number of amidine groups is 1. The van der Waals surface area contributed by atoms with Crippen LogP contribution < -0.4 is 5.73 Å². The first-order valence-corrected chi connectivity index (χ1v) is 8.98. The summed E-state index contributed by atoms with van der Waals surface area (Å²) in [7, 11) is 0. The van der Waals surface area contributed by atoms with E-state index in [9.17, 15) is 17.6 Å². The van der Waals surface area contributed by atoms with Gasteiger partial charge in [0.2, 0.25) is 0 Å². The molecule has 2 aromatic rings. The quantitative estimate of drug-likeness (QED) is 0.410. The van der Waals surface area contributed by atoms with Gasteiger partial charge in [-0.1, -0.05) is 23.2 Å². The van der Waals surface area contributed by atoms with Gasteiger partial charge < -0.3 is 10.2 Å². The maximum absolute atomic E-state index is 13.8. The van der Waals surface area contributed by atoms with E-state index in [1.807, 2.05) is 0 Å². The van der Waals surface area contributed by atoms with Crippen LogP contribution >= 0.6 is 23.2 Å². The smallest absolute Gasteiger partial charge is 0.412 e. The second kappa shape index (κ2) is 8.25. The van der Waals surface area contributed by atoms with Gasteiger partial charge in [0.15, 0.2) is 0 Å². The molecule has 1 aromatic carbocycles. The van der Waals surface area contributed by atoms with Crippen LogP contribution in [0, 0.1) is 11.2 Å². The van der Waals surface area contributed by atoms with Crippen LogP contribution in [0.4, 0.5) is 17.6 Å². The molecular weight excluding hydrogens is 439 g/mol. The summed E-state index contributed by atoms with van der Waals surface area (Å²) in [5.74, 6) is -2.59. The monoisotopic (exact) mass is 452 g/mol. The molecule has 13 heteroatoms. The van der Waals surface area contributed by atoms with E-state index in [-0.39, 0.29) is 34.6 Å². The predicted octanol–water partition coefficient (Wildman–Crippen LogP) is 3.53. The molecule has 0 fully saturated rings. The van der Waals surface area contributed by atoms with Crippen molar-refractivity contribution in [1.29, 1.82) is 5.41 Å². The van der Waals surface area contributed by atoms with Crippen LogP contribution in [0.25, 0.3) is 0 Å². The Labute approximate surface area is 172 Å². The van der Waals surface area contributed by atoms with Gasteiger partial charge in [-0.15, -0.1) is 10.2 Å². The summed E-state index contributed by atoms with van der Waals surface area (Å²) in [5, 5.41) is 14.3. The molecule has 0 radical (unpaired) electrons. The van der Waals surface area contributed by atoms with Gasteiger partial charge >= 0.3 is 12.1 Å². The highest BCUT2D eigenvalue weighted by Crippen LogP contribution is 2.30. The second-order valence-electron chi connectivity index (χ2n) is 6.21. The first-order chi connectivity index (χ1) is 13.6. The number of nitrogens with two attached hydrogens (primary N) is 1. The number of rotatable bonds is 5. The minimum atomic E-state index is -4.81. The molecule has 1 unspecified atom stereocenters. The number of hydrogen-bond acceptors (Lipinski definition) is 7. The first-order valence-electron chi connectivity index (χ1n) is 8.22. The van der Waals surface area contributed by atoms with Crippen LogP contribution in [0.1, 0.15) is 23.8 Å². The van der Waals surface area contributed by atoms with Crippen molar-refractivity contribution < 1.29 is 22.0 Å². The Morgan fingerprint density at radius 1 is 1.31 bits per heavy atom. The molecule has 1 atom stereocenters. The Balaban J connectivity index is 1.81. The molecule has 0 saturated carbocycles. The van der Waals surface area contributed by atoms with E-state index in [1.54, 1.807) is 4.90 Å². The molecule has 0 amide bonds. The van der Waals surface area contributed by atoms with Crippen molar-refractivity contribution in [3.8, 4) is 0 Å². The molecule has 3 rings (SSSR count). The molecule has 1 aromatic heterocycles. The Kier molecular flexibility index (Phi) is 6.11. The van der Waals surface area contributed by atoms with Crippen molar-refractivity contribution >= 4 is 34.7 Å². The molecule has 1 aliphatic heterocycles. The summed E-state index contributed by atoms with van der Waals surface area (Å²) < 4.78 is 56.2. The van der Waals surface area contributed by atoms with Gasteiger partial charge in [-0.2, -0.15) is 13.2 Å². The first kappa shape index (κ1) is 21.5. The molecule has 0 aliphatic carbocycles. The zero-order valence-electron chi connectivity index (χ0n) is 14.6. The molecule has 29 heavy (non-hydrogen) atoms. The number of aliphatic imine (C=N–C) groups is 1. The zero-order valence-corrected chi connectivity index (χ0v) is 16.1. The summed E-state index contributed by atoms with van der Waals surface area (Å²) >= 11 is 12.1. The van der Waals surface area contributed by atoms with Crippen molar-refractivity contribution in [3.05, 3.63) is 45.3 Å². The highest BCUT2D eigenvalue weighted by molar-refractivity contribution is 6.36. The number of alkyl halides is 3.